The quantitative estimate of drug-likeness (QED) is 0.759. The van der Waals surface area contributed by atoms with E-state index in [2.05, 4.69) is 12.1 Å². The Hall–Kier alpha value is -1.24. The lowest BCUT2D eigenvalue weighted by atomic mass is 9.78. The van der Waals surface area contributed by atoms with E-state index in [1.807, 2.05) is 6.07 Å². The fourth-order valence-corrected chi connectivity index (χ4v) is 3.30. The van der Waals surface area contributed by atoms with Crippen molar-refractivity contribution in [3.63, 3.8) is 0 Å². The molecule has 1 heteroatoms. The Labute approximate surface area is 103 Å². The van der Waals surface area contributed by atoms with Gasteiger partial charge in [0.25, 0.3) is 0 Å². The van der Waals surface area contributed by atoms with Crippen LogP contribution >= 0.6 is 0 Å². The Morgan fingerprint density at radius 1 is 1.00 bits per heavy atom. The molecule has 2 aliphatic rings. The predicted octanol–water partition coefficient (Wildman–Crippen LogP) is 4.30. The van der Waals surface area contributed by atoms with Crippen LogP contribution in [0.1, 0.15) is 49.7 Å². The van der Waals surface area contributed by atoms with Crippen molar-refractivity contribution in [2.24, 2.45) is 5.92 Å². The van der Waals surface area contributed by atoms with Crippen LogP contribution in [0.5, 0.6) is 5.75 Å². The highest BCUT2D eigenvalue weighted by Crippen LogP contribution is 2.36. The molecule has 0 bridgehead atoms. The maximum Gasteiger partial charge on any atom is 0.115 e. The zero-order chi connectivity index (χ0) is 11.7. The molecule has 0 spiro atoms. The van der Waals surface area contributed by atoms with Crippen molar-refractivity contribution in [2.75, 3.05) is 0 Å². The smallest absolute Gasteiger partial charge is 0.115 e. The van der Waals surface area contributed by atoms with Crippen LogP contribution in [0, 0.1) is 5.92 Å². The van der Waals surface area contributed by atoms with E-state index in [1.54, 1.807) is 11.6 Å². The third kappa shape index (κ3) is 2.24. The summed E-state index contributed by atoms with van der Waals surface area (Å²) in [6.45, 7) is 0. The van der Waals surface area contributed by atoms with E-state index in [0.717, 1.165) is 12.3 Å². The summed E-state index contributed by atoms with van der Waals surface area (Å²) < 4.78 is 0. The van der Waals surface area contributed by atoms with Gasteiger partial charge in [-0.3, -0.25) is 0 Å². The molecule has 1 fully saturated rings. The molecule has 0 heterocycles. The van der Waals surface area contributed by atoms with Gasteiger partial charge in [-0.1, -0.05) is 37.0 Å². The fraction of sp³-hybridized carbons (Fsp3) is 0.500. The largest absolute Gasteiger partial charge is 0.508 e. The zero-order valence-electron chi connectivity index (χ0n) is 10.3. The lowest BCUT2D eigenvalue weighted by Crippen LogP contribution is -2.12. The van der Waals surface area contributed by atoms with Gasteiger partial charge in [-0.15, -0.1) is 0 Å². The minimum absolute atomic E-state index is 0.401. The molecule has 1 saturated carbocycles. The second kappa shape index (κ2) is 4.56. The summed E-state index contributed by atoms with van der Waals surface area (Å²) in [7, 11) is 0. The highest BCUT2D eigenvalue weighted by atomic mass is 16.3. The second-order valence-electron chi connectivity index (χ2n) is 5.44. The minimum Gasteiger partial charge on any atom is -0.508 e. The molecule has 1 aromatic carbocycles. The molecule has 0 unspecified atom stereocenters. The summed E-state index contributed by atoms with van der Waals surface area (Å²) in [5.74, 6) is 1.24. The molecular weight excluding hydrogens is 208 g/mol. The highest BCUT2D eigenvalue weighted by Gasteiger charge is 2.20. The first kappa shape index (κ1) is 10.9. The summed E-state index contributed by atoms with van der Waals surface area (Å²) in [6.07, 6.45) is 11.7. The third-order valence-electron chi connectivity index (χ3n) is 4.28. The number of fused-ring (bicyclic) bond motifs is 1. The monoisotopic (exact) mass is 228 g/mol. The van der Waals surface area contributed by atoms with E-state index < -0.39 is 0 Å². The van der Waals surface area contributed by atoms with Gasteiger partial charge in [-0.25, -0.2) is 0 Å². The molecule has 1 N–H and O–H groups in total. The minimum atomic E-state index is 0.401. The molecule has 0 amide bonds. The predicted molar refractivity (Wildman–Crippen MR) is 71.0 cm³/mol. The van der Waals surface area contributed by atoms with E-state index in [-0.39, 0.29) is 0 Å². The van der Waals surface area contributed by atoms with Crippen LogP contribution in [0.4, 0.5) is 0 Å². The number of phenols is 1. The van der Waals surface area contributed by atoms with Gasteiger partial charge in [-0.05, 0) is 54.9 Å². The fourth-order valence-electron chi connectivity index (χ4n) is 3.30. The number of hydrogen-bond acceptors (Lipinski definition) is 1. The number of hydrogen-bond donors (Lipinski definition) is 1. The number of allylic oxidation sites excluding steroid dienone is 1. The molecule has 1 aromatic rings. The number of rotatable bonds is 1. The van der Waals surface area contributed by atoms with Crippen LogP contribution in [0.2, 0.25) is 0 Å². The Morgan fingerprint density at radius 2 is 1.82 bits per heavy atom. The number of aromatic hydroxyl groups is 1. The van der Waals surface area contributed by atoms with Crippen molar-refractivity contribution in [2.45, 2.75) is 44.9 Å². The van der Waals surface area contributed by atoms with Gasteiger partial charge in [0.05, 0.1) is 0 Å². The van der Waals surface area contributed by atoms with Gasteiger partial charge in [0.15, 0.2) is 0 Å². The highest BCUT2D eigenvalue weighted by molar-refractivity contribution is 5.61. The Kier molecular flexibility index (Phi) is 2.92. The number of benzene rings is 1. The van der Waals surface area contributed by atoms with E-state index in [1.165, 1.54) is 49.7 Å². The molecule has 2 aliphatic carbocycles. The van der Waals surface area contributed by atoms with Crippen LogP contribution < -0.4 is 0 Å². The van der Waals surface area contributed by atoms with Crippen LogP contribution in [0.3, 0.4) is 0 Å². The van der Waals surface area contributed by atoms with Gasteiger partial charge in [-0.2, -0.15) is 0 Å². The Balaban J connectivity index is 1.86. The molecule has 0 atom stereocenters. The first-order chi connectivity index (χ1) is 8.33. The van der Waals surface area contributed by atoms with Crippen molar-refractivity contribution in [1.82, 2.24) is 0 Å². The molecule has 0 aliphatic heterocycles. The van der Waals surface area contributed by atoms with Crippen molar-refractivity contribution in [3.05, 3.63) is 34.9 Å². The molecule has 90 valence electrons. The van der Waals surface area contributed by atoms with Crippen LogP contribution in [0.25, 0.3) is 6.08 Å². The van der Waals surface area contributed by atoms with Crippen LogP contribution in [-0.2, 0) is 6.42 Å². The SMILES string of the molecule is Oc1ccc2c(c1)CCC(C1CCCCC1)=C2. The third-order valence-corrected chi connectivity index (χ3v) is 4.28. The van der Waals surface area contributed by atoms with E-state index in [4.69, 9.17) is 0 Å². The normalized spacial score (nSPS) is 20.8. The van der Waals surface area contributed by atoms with Crippen molar-refractivity contribution >= 4 is 6.08 Å². The number of phenolic OH excluding ortho intramolecular Hbond substituents is 1. The topological polar surface area (TPSA) is 20.2 Å². The second-order valence-corrected chi connectivity index (χ2v) is 5.44. The van der Waals surface area contributed by atoms with Crippen molar-refractivity contribution in [1.29, 1.82) is 0 Å². The average molecular weight is 228 g/mol. The molecule has 0 saturated heterocycles. The molecular formula is C16H20O. The molecule has 0 aromatic heterocycles. The number of aryl methyl sites for hydroxylation is 1. The molecule has 17 heavy (non-hydrogen) atoms. The Morgan fingerprint density at radius 3 is 2.65 bits per heavy atom. The van der Waals surface area contributed by atoms with Crippen LogP contribution in [-0.4, -0.2) is 5.11 Å². The van der Waals surface area contributed by atoms with Gasteiger partial charge in [0.1, 0.15) is 5.75 Å². The summed E-state index contributed by atoms with van der Waals surface area (Å²) >= 11 is 0. The molecule has 0 radical (unpaired) electrons. The first-order valence-electron chi connectivity index (χ1n) is 6.85. The van der Waals surface area contributed by atoms with Gasteiger partial charge in [0.2, 0.25) is 0 Å². The van der Waals surface area contributed by atoms with Gasteiger partial charge in [0, 0.05) is 0 Å². The first-order valence-corrected chi connectivity index (χ1v) is 6.85. The lowest BCUT2D eigenvalue weighted by Gasteiger charge is -2.27. The molecule has 1 nitrogen and oxygen atoms in total. The standard InChI is InChI=1S/C16H20O/c17-16-9-8-14-10-13(6-7-15(14)11-16)12-4-2-1-3-5-12/h8-12,17H,1-7H2. The maximum atomic E-state index is 9.48. The zero-order valence-corrected chi connectivity index (χ0v) is 10.3. The van der Waals surface area contributed by atoms with E-state index >= 15 is 0 Å². The van der Waals surface area contributed by atoms with E-state index in [9.17, 15) is 5.11 Å². The van der Waals surface area contributed by atoms with Gasteiger partial charge < -0.3 is 5.11 Å². The summed E-state index contributed by atoms with van der Waals surface area (Å²) in [4.78, 5) is 0. The van der Waals surface area contributed by atoms with Crippen molar-refractivity contribution in [3.8, 4) is 5.75 Å². The summed E-state index contributed by atoms with van der Waals surface area (Å²) in [6, 6.07) is 5.79. The Bertz CT molecular complexity index is 439. The maximum absolute atomic E-state index is 9.48. The van der Waals surface area contributed by atoms with E-state index in [0.29, 0.717) is 5.75 Å². The summed E-state index contributed by atoms with van der Waals surface area (Å²) in [5.41, 5.74) is 4.29. The van der Waals surface area contributed by atoms with Crippen LogP contribution in [0.15, 0.2) is 23.8 Å². The van der Waals surface area contributed by atoms with Crippen molar-refractivity contribution < 1.29 is 5.11 Å². The average Bonchev–Trinajstić information content (AvgIpc) is 2.39. The molecule has 3 rings (SSSR count). The van der Waals surface area contributed by atoms with Gasteiger partial charge >= 0.3 is 0 Å². The summed E-state index contributed by atoms with van der Waals surface area (Å²) in [5, 5.41) is 9.48. The lowest BCUT2D eigenvalue weighted by molar-refractivity contribution is 0.395.